The SMILES string of the molecule is CN(C)c1ccc(/C=C/C(=O)N2CCc3cc(S(=O)(=O)NC4CCCC4)ccc32)cc1. The summed E-state index contributed by atoms with van der Waals surface area (Å²) in [7, 11) is 0.444. The van der Waals surface area contributed by atoms with Gasteiger partial charge in [-0.3, -0.25) is 4.79 Å². The van der Waals surface area contributed by atoms with Crippen molar-refractivity contribution in [1.82, 2.24) is 4.72 Å². The van der Waals surface area contributed by atoms with Gasteiger partial charge in [0, 0.05) is 44.1 Å². The minimum Gasteiger partial charge on any atom is -0.378 e. The van der Waals surface area contributed by atoms with Crippen LogP contribution in [0.15, 0.2) is 53.4 Å². The smallest absolute Gasteiger partial charge is 0.251 e. The summed E-state index contributed by atoms with van der Waals surface area (Å²) in [6.07, 6.45) is 7.98. The first-order valence-electron chi connectivity index (χ1n) is 10.8. The first-order chi connectivity index (χ1) is 14.8. The molecule has 2 aliphatic rings. The molecule has 0 atom stereocenters. The average molecular weight is 440 g/mol. The number of sulfonamides is 1. The molecular formula is C24H29N3O3S. The van der Waals surface area contributed by atoms with Crippen molar-refractivity contribution in [1.29, 1.82) is 0 Å². The molecule has 7 heteroatoms. The molecule has 1 heterocycles. The van der Waals surface area contributed by atoms with Crippen LogP contribution in [0.3, 0.4) is 0 Å². The third-order valence-electron chi connectivity index (χ3n) is 6.03. The van der Waals surface area contributed by atoms with Crippen LogP contribution >= 0.6 is 0 Å². The van der Waals surface area contributed by atoms with Crippen molar-refractivity contribution >= 4 is 33.4 Å². The van der Waals surface area contributed by atoms with E-state index in [0.29, 0.717) is 13.0 Å². The summed E-state index contributed by atoms with van der Waals surface area (Å²) in [5.41, 5.74) is 3.74. The van der Waals surface area contributed by atoms with Crippen LogP contribution in [0.1, 0.15) is 36.8 Å². The molecule has 1 aliphatic carbocycles. The van der Waals surface area contributed by atoms with Crippen molar-refractivity contribution < 1.29 is 13.2 Å². The Morgan fingerprint density at radius 3 is 2.48 bits per heavy atom. The summed E-state index contributed by atoms with van der Waals surface area (Å²) in [4.78, 5) is 16.8. The summed E-state index contributed by atoms with van der Waals surface area (Å²) < 4.78 is 28.3. The summed E-state index contributed by atoms with van der Waals surface area (Å²) in [6, 6.07) is 13.1. The third-order valence-corrected chi connectivity index (χ3v) is 7.55. The van der Waals surface area contributed by atoms with E-state index in [1.165, 1.54) is 0 Å². The lowest BCUT2D eigenvalue weighted by atomic mass is 10.1. The van der Waals surface area contributed by atoms with E-state index < -0.39 is 10.0 Å². The number of carbonyl (C=O) groups excluding carboxylic acids is 1. The highest BCUT2D eigenvalue weighted by Crippen LogP contribution is 2.31. The van der Waals surface area contributed by atoms with E-state index in [9.17, 15) is 13.2 Å². The molecule has 0 radical (unpaired) electrons. The maximum Gasteiger partial charge on any atom is 0.251 e. The number of hydrogen-bond acceptors (Lipinski definition) is 4. The van der Waals surface area contributed by atoms with Gasteiger partial charge in [-0.25, -0.2) is 13.1 Å². The molecule has 0 spiro atoms. The first kappa shape index (κ1) is 21.6. The number of hydrogen-bond donors (Lipinski definition) is 1. The van der Waals surface area contributed by atoms with E-state index >= 15 is 0 Å². The van der Waals surface area contributed by atoms with Crippen LogP contribution in [-0.4, -0.2) is 41.0 Å². The lowest BCUT2D eigenvalue weighted by Gasteiger charge is -2.16. The molecule has 2 aromatic carbocycles. The van der Waals surface area contributed by atoms with Crippen LogP contribution in [0.4, 0.5) is 11.4 Å². The van der Waals surface area contributed by atoms with Crippen molar-refractivity contribution in [3.8, 4) is 0 Å². The molecule has 0 unspecified atom stereocenters. The fourth-order valence-corrected chi connectivity index (χ4v) is 5.60. The Hall–Kier alpha value is -2.64. The summed E-state index contributed by atoms with van der Waals surface area (Å²) in [6.45, 7) is 0.553. The predicted molar refractivity (Wildman–Crippen MR) is 125 cm³/mol. The molecule has 2 aromatic rings. The Morgan fingerprint density at radius 1 is 1.10 bits per heavy atom. The van der Waals surface area contributed by atoms with Crippen molar-refractivity contribution in [3.63, 3.8) is 0 Å². The molecule has 0 bridgehead atoms. The summed E-state index contributed by atoms with van der Waals surface area (Å²) >= 11 is 0. The Kier molecular flexibility index (Phi) is 6.16. The van der Waals surface area contributed by atoms with Crippen LogP contribution in [0.25, 0.3) is 6.08 Å². The summed E-state index contributed by atoms with van der Waals surface area (Å²) in [5, 5.41) is 0. The van der Waals surface area contributed by atoms with Gasteiger partial charge in [0.1, 0.15) is 0 Å². The number of nitrogens with one attached hydrogen (secondary N) is 1. The summed E-state index contributed by atoms with van der Waals surface area (Å²) in [5.74, 6) is -0.102. The van der Waals surface area contributed by atoms with Crippen LogP contribution in [0, 0.1) is 0 Å². The van der Waals surface area contributed by atoms with E-state index in [-0.39, 0.29) is 16.8 Å². The highest BCUT2D eigenvalue weighted by molar-refractivity contribution is 7.89. The third kappa shape index (κ3) is 4.83. The molecule has 1 N–H and O–H groups in total. The fourth-order valence-electron chi connectivity index (χ4n) is 4.25. The molecule has 31 heavy (non-hydrogen) atoms. The van der Waals surface area contributed by atoms with Crippen LogP contribution < -0.4 is 14.5 Å². The second-order valence-electron chi connectivity index (χ2n) is 8.45. The van der Waals surface area contributed by atoms with Gasteiger partial charge in [-0.1, -0.05) is 25.0 Å². The Labute approximate surface area is 184 Å². The molecular weight excluding hydrogens is 410 g/mol. The Balaban J connectivity index is 1.46. The van der Waals surface area contributed by atoms with E-state index in [2.05, 4.69) is 4.72 Å². The zero-order valence-electron chi connectivity index (χ0n) is 18.0. The monoisotopic (exact) mass is 439 g/mol. The van der Waals surface area contributed by atoms with Gasteiger partial charge in [0.15, 0.2) is 0 Å². The van der Waals surface area contributed by atoms with Crippen molar-refractivity contribution in [2.45, 2.75) is 43.0 Å². The van der Waals surface area contributed by atoms with Crippen LogP contribution in [-0.2, 0) is 21.2 Å². The quantitative estimate of drug-likeness (QED) is 0.699. The first-order valence-corrected chi connectivity index (χ1v) is 12.2. The molecule has 1 fully saturated rings. The maximum atomic E-state index is 12.8. The van der Waals surface area contributed by atoms with Crippen molar-refractivity contribution in [3.05, 3.63) is 59.7 Å². The minimum atomic E-state index is -3.53. The Morgan fingerprint density at radius 2 is 1.81 bits per heavy atom. The number of fused-ring (bicyclic) bond motifs is 1. The van der Waals surface area contributed by atoms with Gasteiger partial charge >= 0.3 is 0 Å². The van der Waals surface area contributed by atoms with Gasteiger partial charge in [-0.2, -0.15) is 0 Å². The number of benzene rings is 2. The van der Waals surface area contributed by atoms with Gasteiger partial charge in [0.05, 0.1) is 4.90 Å². The number of carbonyl (C=O) groups is 1. The van der Waals surface area contributed by atoms with Gasteiger partial charge < -0.3 is 9.80 Å². The molecule has 0 saturated heterocycles. The fraction of sp³-hybridized carbons (Fsp3) is 0.375. The van der Waals surface area contributed by atoms with Crippen molar-refractivity contribution in [2.75, 3.05) is 30.4 Å². The zero-order chi connectivity index (χ0) is 22.0. The number of nitrogens with zero attached hydrogens (tertiary/aromatic N) is 2. The van der Waals surface area contributed by atoms with Gasteiger partial charge in [0.25, 0.3) is 5.91 Å². The molecule has 1 saturated carbocycles. The zero-order valence-corrected chi connectivity index (χ0v) is 18.9. The molecule has 1 aliphatic heterocycles. The lowest BCUT2D eigenvalue weighted by molar-refractivity contribution is -0.114. The van der Waals surface area contributed by atoms with Crippen LogP contribution in [0.2, 0.25) is 0 Å². The molecule has 4 rings (SSSR count). The topological polar surface area (TPSA) is 69.7 Å². The van der Waals surface area contributed by atoms with E-state index in [1.54, 1.807) is 29.2 Å². The largest absolute Gasteiger partial charge is 0.378 e. The van der Waals surface area contributed by atoms with Gasteiger partial charge in [0.2, 0.25) is 10.0 Å². The van der Waals surface area contributed by atoms with E-state index in [0.717, 1.165) is 48.2 Å². The predicted octanol–water partition coefficient (Wildman–Crippen LogP) is 3.58. The number of amides is 1. The maximum absolute atomic E-state index is 12.8. The molecule has 164 valence electrons. The van der Waals surface area contributed by atoms with E-state index in [4.69, 9.17) is 0 Å². The van der Waals surface area contributed by atoms with Gasteiger partial charge in [-0.15, -0.1) is 0 Å². The van der Waals surface area contributed by atoms with E-state index in [1.807, 2.05) is 49.3 Å². The lowest BCUT2D eigenvalue weighted by Crippen LogP contribution is -2.32. The number of anilines is 2. The molecule has 0 aromatic heterocycles. The second-order valence-corrected chi connectivity index (χ2v) is 10.2. The molecule has 6 nitrogen and oxygen atoms in total. The Bertz CT molecular complexity index is 1090. The van der Waals surface area contributed by atoms with Gasteiger partial charge in [-0.05, 0) is 66.8 Å². The highest BCUT2D eigenvalue weighted by Gasteiger charge is 2.27. The van der Waals surface area contributed by atoms with Crippen LogP contribution in [0.5, 0.6) is 0 Å². The average Bonchev–Trinajstić information content (AvgIpc) is 3.41. The highest BCUT2D eigenvalue weighted by atomic mass is 32.2. The van der Waals surface area contributed by atoms with Crippen molar-refractivity contribution in [2.24, 2.45) is 0 Å². The second kappa shape index (κ2) is 8.85. The molecule has 1 amide bonds. The number of rotatable bonds is 6. The standard InChI is InChI=1S/C24H29N3O3S/c1-26(2)21-10-7-18(8-11-21)9-14-24(28)27-16-15-19-17-22(12-13-23(19)27)31(29,30)25-20-5-3-4-6-20/h7-14,17,20,25H,3-6,15-16H2,1-2H3/b14-9+. The minimum absolute atomic E-state index is 0.0354. The normalized spacial score (nSPS) is 16.8.